The molecular weight excluding hydrogens is 254 g/mol. The minimum absolute atomic E-state index is 0.0724. The van der Waals surface area contributed by atoms with Crippen LogP contribution in [0.25, 0.3) is 0 Å². The van der Waals surface area contributed by atoms with Crippen molar-refractivity contribution in [2.24, 2.45) is 5.41 Å². The van der Waals surface area contributed by atoms with Gasteiger partial charge in [-0.3, -0.25) is 4.79 Å². The second-order valence-electron chi connectivity index (χ2n) is 4.19. The molecule has 0 spiro atoms. The molecule has 15 heavy (non-hydrogen) atoms. The van der Waals surface area contributed by atoms with E-state index in [1.54, 1.807) is 0 Å². The quantitative estimate of drug-likeness (QED) is 0.837. The number of benzene rings is 1. The minimum atomic E-state index is -0.352. The Labute approximate surface area is 99.2 Å². The predicted octanol–water partition coefficient (Wildman–Crippen LogP) is 2.72. The van der Waals surface area contributed by atoms with Crippen LogP contribution in [0.2, 0.25) is 0 Å². The van der Waals surface area contributed by atoms with Crippen LogP contribution in [0, 0.1) is 5.41 Å². The fourth-order valence-corrected chi connectivity index (χ4v) is 1.33. The van der Waals surface area contributed by atoms with Crippen LogP contribution in [0.5, 0.6) is 0 Å². The normalized spacial score (nSPS) is 11.1. The molecule has 0 radical (unpaired) electrons. The first-order valence-electron chi connectivity index (χ1n) is 4.94. The van der Waals surface area contributed by atoms with Gasteiger partial charge in [0.1, 0.15) is 0 Å². The Balaban J connectivity index is 2.48. The zero-order valence-corrected chi connectivity index (χ0v) is 10.7. The summed E-state index contributed by atoms with van der Waals surface area (Å²) in [5, 5.41) is 3.59. The van der Waals surface area contributed by atoms with Crippen molar-refractivity contribution >= 4 is 21.8 Å². The highest BCUT2D eigenvalue weighted by Crippen LogP contribution is 2.18. The second-order valence-corrected chi connectivity index (χ2v) is 4.75. The lowest BCUT2D eigenvalue weighted by molar-refractivity contribution is -0.128. The molecule has 1 N–H and O–H groups in total. The van der Waals surface area contributed by atoms with Crippen molar-refractivity contribution < 1.29 is 4.79 Å². The van der Waals surface area contributed by atoms with Gasteiger partial charge in [0.25, 0.3) is 0 Å². The number of carbonyl (C=O) groups excluding carboxylic acids is 1. The third kappa shape index (κ3) is 3.67. The van der Waals surface area contributed by atoms with Gasteiger partial charge in [-0.1, -0.05) is 60.1 Å². The van der Waals surface area contributed by atoms with Crippen LogP contribution in [0.1, 0.15) is 19.4 Å². The molecule has 1 aromatic carbocycles. The maximum absolute atomic E-state index is 11.7. The summed E-state index contributed by atoms with van der Waals surface area (Å²) in [5.41, 5.74) is 0.769. The molecule has 0 aliphatic heterocycles. The molecule has 0 heterocycles. The number of rotatable bonds is 4. The van der Waals surface area contributed by atoms with E-state index in [0.29, 0.717) is 11.9 Å². The summed E-state index contributed by atoms with van der Waals surface area (Å²) < 4.78 is 0. The maximum Gasteiger partial charge on any atom is 0.226 e. The van der Waals surface area contributed by atoms with Gasteiger partial charge in [0.2, 0.25) is 5.91 Å². The highest BCUT2D eigenvalue weighted by Gasteiger charge is 2.25. The predicted molar refractivity (Wildman–Crippen MR) is 65.9 cm³/mol. The van der Waals surface area contributed by atoms with Crippen molar-refractivity contribution in [2.75, 3.05) is 5.33 Å². The third-order valence-electron chi connectivity index (χ3n) is 2.24. The Hall–Kier alpha value is -0.830. The van der Waals surface area contributed by atoms with E-state index in [-0.39, 0.29) is 11.3 Å². The minimum Gasteiger partial charge on any atom is -0.352 e. The van der Waals surface area contributed by atoms with E-state index in [4.69, 9.17) is 0 Å². The van der Waals surface area contributed by atoms with Crippen molar-refractivity contribution in [2.45, 2.75) is 20.4 Å². The Bertz CT molecular complexity index is 322. The Morgan fingerprint density at radius 2 is 1.93 bits per heavy atom. The first-order valence-corrected chi connectivity index (χ1v) is 6.06. The molecule has 0 fully saturated rings. The summed E-state index contributed by atoms with van der Waals surface area (Å²) in [6.07, 6.45) is 0. The molecule has 0 bridgehead atoms. The van der Waals surface area contributed by atoms with Crippen LogP contribution in [-0.4, -0.2) is 11.2 Å². The Morgan fingerprint density at radius 1 is 1.33 bits per heavy atom. The van der Waals surface area contributed by atoms with E-state index in [2.05, 4.69) is 21.2 Å². The number of nitrogens with one attached hydrogen (secondary N) is 1. The summed E-state index contributed by atoms with van der Waals surface area (Å²) in [6, 6.07) is 9.91. The zero-order chi connectivity index (χ0) is 11.3. The average Bonchev–Trinajstić information content (AvgIpc) is 2.27. The van der Waals surface area contributed by atoms with Gasteiger partial charge < -0.3 is 5.32 Å². The molecule has 0 aliphatic carbocycles. The van der Waals surface area contributed by atoms with E-state index in [9.17, 15) is 4.79 Å². The Kier molecular flexibility index (Phi) is 4.33. The molecule has 0 saturated carbocycles. The molecule has 0 saturated heterocycles. The van der Waals surface area contributed by atoms with Gasteiger partial charge in [-0.15, -0.1) is 0 Å². The highest BCUT2D eigenvalue weighted by molar-refractivity contribution is 9.09. The van der Waals surface area contributed by atoms with Crippen LogP contribution < -0.4 is 5.32 Å². The molecule has 0 aliphatic rings. The van der Waals surface area contributed by atoms with Crippen LogP contribution in [0.3, 0.4) is 0 Å². The molecule has 1 aromatic rings. The molecule has 82 valence electrons. The molecule has 3 heteroatoms. The zero-order valence-electron chi connectivity index (χ0n) is 9.09. The molecule has 0 atom stereocenters. The fraction of sp³-hybridized carbons (Fsp3) is 0.417. The largest absolute Gasteiger partial charge is 0.352 e. The molecule has 0 unspecified atom stereocenters. The third-order valence-corrected chi connectivity index (χ3v) is 3.65. The van der Waals surface area contributed by atoms with Crippen LogP contribution >= 0.6 is 15.9 Å². The lowest BCUT2D eigenvalue weighted by Gasteiger charge is -2.20. The highest BCUT2D eigenvalue weighted by atomic mass is 79.9. The van der Waals surface area contributed by atoms with E-state index in [0.717, 1.165) is 5.56 Å². The number of hydrogen-bond acceptors (Lipinski definition) is 1. The van der Waals surface area contributed by atoms with Gasteiger partial charge >= 0.3 is 0 Å². The van der Waals surface area contributed by atoms with Crippen LogP contribution in [-0.2, 0) is 11.3 Å². The molecular formula is C12H16BrNO. The number of alkyl halides is 1. The molecule has 1 amide bonds. The molecule has 2 nitrogen and oxygen atoms in total. The standard InChI is InChI=1S/C12H16BrNO/c1-12(2,9-13)11(15)14-8-10-6-4-3-5-7-10/h3-7H,8-9H2,1-2H3,(H,14,15). The summed E-state index contributed by atoms with van der Waals surface area (Å²) in [4.78, 5) is 11.7. The van der Waals surface area contributed by atoms with Gasteiger partial charge in [0.15, 0.2) is 0 Å². The van der Waals surface area contributed by atoms with Gasteiger partial charge in [-0.25, -0.2) is 0 Å². The summed E-state index contributed by atoms with van der Waals surface area (Å²) in [6.45, 7) is 4.43. The van der Waals surface area contributed by atoms with Crippen LogP contribution in [0.4, 0.5) is 0 Å². The van der Waals surface area contributed by atoms with Gasteiger partial charge in [-0.2, -0.15) is 0 Å². The Morgan fingerprint density at radius 3 is 2.47 bits per heavy atom. The number of halogens is 1. The van der Waals surface area contributed by atoms with Gasteiger partial charge in [0.05, 0.1) is 5.41 Å². The van der Waals surface area contributed by atoms with Crippen molar-refractivity contribution in [3.63, 3.8) is 0 Å². The first-order chi connectivity index (χ1) is 7.06. The number of carbonyl (C=O) groups is 1. The topological polar surface area (TPSA) is 29.1 Å². The monoisotopic (exact) mass is 269 g/mol. The lowest BCUT2D eigenvalue weighted by atomic mass is 9.95. The van der Waals surface area contributed by atoms with E-state index >= 15 is 0 Å². The fourth-order valence-electron chi connectivity index (χ4n) is 1.08. The van der Waals surface area contributed by atoms with E-state index in [1.807, 2.05) is 44.2 Å². The lowest BCUT2D eigenvalue weighted by Crippen LogP contribution is -2.37. The van der Waals surface area contributed by atoms with Crippen molar-refractivity contribution in [3.05, 3.63) is 35.9 Å². The first kappa shape index (κ1) is 12.2. The van der Waals surface area contributed by atoms with Crippen molar-refractivity contribution in [3.8, 4) is 0 Å². The number of amides is 1. The number of hydrogen-bond donors (Lipinski definition) is 1. The maximum atomic E-state index is 11.7. The SMILES string of the molecule is CC(C)(CBr)C(=O)NCc1ccccc1. The average molecular weight is 270 g/mol. The van der Waals surface area contributed by atoms with Crippen molar-refractivity contribution in [1.29, 1.82) is 0 Å². The van der Waals surface area contributed by atoms with Crippen LogP contribution in [0.15, 0.2) is 30.3 Å². The van der Waals surface area contributed by atoms with E-state index < -0.39 is 0 Å². The summed E-state index contributed by atoms with van der Waals surface area (Å²) >= 11 is 3.34. The summed E-state index contributed by atoms with van der Waals surface area (Å²) in [5.74, 6) is 0.0724. The van der Waals surface area contributed by atoms with Crippen molar-refractivity contribution in [1.82, 2.24) is 5.32 Å². The summed E-state index contributed by atoms with van der Waals surface area (Å²) in [7, 11) is 0. The smallest absolute Gasteiger partial charge is 0.226 e. The molecule has 1 rings (SSSR count). The second kappa shape index (κ2) is 5.31. The van der Waals surface area contributed by atoms with E-state index in [1.165, 1.54) is 0 Å². The van der Waals surface area contributed by atoms with Gasteiger partial charge in [-0.05, 0) is 5.56 Å². The van der Waals surface area contributed by atoms with Gasteiger partial charge in [0, 0.05) is 11.9 Å². The molecule has 0 aromatic heterocycles.